The Morgan fingerprint density at radius 3 is 0.944 bits per heavy atom. The number of alkyl halides is 10. The van der Waals surface area contributed by atoms with Gasteiger partial charge in [0.2, 0.25) is 0 Å². The Labute approximate surface area is 854 Å². The molecular formula is C99H176F10N20O14S. The van der Waals surface area contributed by atoms with Crippen LogP contribution >= 0.6 is 11.8 Å². The van der Waals surface area contributed by atoms with Crippen LogP contribution < -0.4 is 5.48 Å². The maximum Gasteiger partial charge on any atom is 0.326 e. The minimum Gasteiger partial charge on any atom is -0.468 e. The van der Waals surface area contributed by atoms with Crippen molar-refractivity contribution >= 4 is 53.3 Å². The number of hydrogen-bond donors (Lipinski definition) is 1. The number of hydroxylamine groups is 7. The van der Waals surface area contributed by atoms with Gasteiger partial charge in [-0.1, -0.05) is 0 Å². The number of nitrogens with one attached hydrogen (secondary N) is 1. The smallest absolute Gasteiger partial charge is 0.326 e. The van der Waals surface area contributed by atoms with E-state index in [1.54, 1.807) is 19.6 Å². The van der Waals surface area contributed by atoms with Crippen LogP contribution in [-0.2, 0) is 67.1 Å². The first-order valence-electron chi connectivity index (χ1n) is 52.6. The zero-order valence-electron chi connectivity index (χ0n) is 89.8. The van der Waals surface area contributed by atoms with E-state index >= 15 is 0 Å². The van der Waals surface area contributed by atoms with E-state index in [2.05, 4.69) is 92.4 Å². The number of carbonyl (C=O) groups excluding carboxylic acids is 7. The van der Waals surface area contributed by atoms with E-state index in [9.17, 15) is 77.5 Å². The van der Waals surface area contributed by atoms with Gasteiger partial charge < -0.3 is 53.4 Å². The minimum absolute atomic E-state index is 0.0107. The number of ether oxygens (including phenoxy) is 3. The van der Waals surface area contributed by atoms with Crippen molar-refractivity contribution in [1.29, 1.82) is 0 Å². The number of piperidine rings is 8. The summed E-state index contributed by atoms with van der Waals surface area (Å²) in [5.74, 6) is -13.5. The summed E-state index contributed by atoms with van der Waals surface area (Å²) >= 11 is 1.84. The molecule has 0 aliphatic carbocycles. The molecule has 2 unspecified atom stereocenters. The molecule has 0 aromatic carbocycles. The van der Waals surface area contributed by atoms with Gasteiger partial charge in [0.15, 0.2) is 0 Å². The lowest BCUT2D eigenvalue weighted by Crippen LogP contribution is -2.55. The van der Waals surface area contributed by atoms with E-state index in [0.717, 1.165) is 241 Å². The van der Waals surface area contributed by atoms with Gasteiger partial charge in [0.1, 0.15) is 17.1 Å². The Kier molecular flexibility index (Phi) is 45.9. The van der Waals surface area contributed by atoms with Gasteiger partial charge in [-0.2, -0.15) is 0 Å². The average Bonchev–Trinajstić information content (AvgIpc) is 1.61. The standard InChI is InChI=1S/3C13H23F2N3O2.C13H22N2O2.C13H24N2O2.C12H21F2N3O2.C11H20F2N2.C11H20N2O2S/c3*1-16-6-4-10(5-7-16)18-9-13(14,15)8-11(18)12(19)17(2)20-3;1-14-8-3-11(4-9-14)15-7-2-5-13(15)6-10-17-12(13)16;1-13(12(16)17-3)7-4-8-15(13)11-5-9-14(2)10-6-11;1-16-5-3-9(4-6-16)17-8-12(13,14)7-10(17)11(18)15-19-2;1-9-7-11(12,13)8-15(9)10-3-5-14(2)6-4-10;1-12-5-3-9(4-6-12)13-8-16-7-10(13)11(14)15-2/h3*10-11H,4-9H2,1-3H3;11H,2-10H2,1H3;11H,4-10H2,1-3H3;9-10H,3-8H2,1-2H3,(H,15,18);9-10H,3-8H2,1-2H3;9-10H,3-8H2,1-2H3/t3*11-;;13-;;9-;10-/m110.1.01/s1. The fourth-order valence-corrected chi connectivity index (χ4v) is 25.9. The lowest BCUT2D eigenvalue weighted by Gasteiger charge is -2.42. The molecule has 0 saturated carbocycles. The second kappa shape index (κ2) is 54.6. The first-order valence-corrected chi connectivity index (χ1v) is 53.7. The molecule has 0 aromatic rings. The molecule has 144 heavy (non-hydrogen) atoms. The first-order chi connectivity index (χ1) is 67.9. The number of halogens is 10. The molecule has 45 heteroatoms. The van der Waals surface area contributed by atoms with Crippen molar-refractivity contribution < 1.29 is 111 Å². The number of likely N-dealkylation sites (tertiary alicyclic amines) is 15. The molecule has 17 saturated heterocycles. The maximum atomic E-state index is 13.7. The Bertz CT molecular complexity index is 3790. The number of thioether (sulfide) groups is 1. The lowest BCUT2D eigenvalue weighted by atomic mass is 9.91. The molecule has 17 rings (SSSR count). The van der Waals surface area contributed by atoms with Crippen molar-refractivity contribution in [1.82, 2.24) is 99.1 Å². The van der Waals surface area contributed by atoms with E-state index in [-0.39, 0.29) is 122 Å². The highest BCUT2D eigenvalue weighted by atomic mass is 32.2. The Morgan fingerprint density at radius 2 is 0.646 bits per heavy atom. The Balaban J connectivity index is 0.000000169. The van der Waals surface area contributed by atoms with Crippen LogP contribution in [0.3, 0.4) is 0 Å². The average molecular weight is 2090 g/mol. The van der Waals surface area contributed by atoms with Gasteiger partial charge in [0.05, 0.1) is 106 Å². The van der Waals surface area contributed by atoms with Crippen LogP contribution in [0.5, 0.6) is 0 Å². The highest BCUT2D eigenvalue weighted by molar-refractivity contribution is 7.99. The number of hydrogen-bond acceptors (Lipinski definition) is 31. The highest BCUT2D eigenvalue weighted by Crippen LogP contribution is 2.45. The second-order valence-corrected chi connectivity index (χ2v) is 44.9. The number of amides is 4. The summed E-state index contributed by atoms with van der Waals surface area (Å²) in [5, 5.41) is 3.15. The first kappa shape index (κ1) is 121. The van der Waals surface area contributed by atoms with E-state index in [1.165, 1.54) is 102 Å². The molecule has 0 aromatic heterocycles. The molecule has 34 nitrogen and oxygen atoms in total. The fraction of sp³-hybridized carbons (Fsp3) is 0.929. The molecule has 0 bridgehead atoms. The van der Waals surface area contributed by atoms with Crippen molar-refractivity contribution in [3.63, 3.8) is 0 Å². The van der Waals surface area contributed by atoms with Crippen LogP contribution in [0.1, 0.15) is 181 Å². The van der Waals surface area contributed by atoms with Crippen molar-refractivity contribution in [2.75, 3.05) is 289 Å². The molecule has 8 atom stereocenters. The van der Waals surface area contributed by atoms with Gasteiger partial charge in [-0.05, 0) is 316 Å². The van der Waals surface area contributed by atoms with E-state index < -0.39 is 85.4 Å². The Morgan fingerprint density at radius 1 is 0.361 bits per heavy atom. The van der Waals surface area contributed by atoms with Crippen molar-refractivity contribution in [3.05, 3.63) is 0 Å². The molecule has 1 spiro atoms. The van der Waals surface area contributed by atoms with Gasteiger partial charge >= 0.3 is 17.9 Å². The SMILES string of the molecule is CN1CCC(N2CCCC23CCOC3=O)CC1.COC(=O)[C@@]1(C)CCCN1C1CCN(C)CC1.COC(=O)[C@H]1CSCN1C1CCN(C)CC1.CON(C)C(=O)[C@@H]1CC(F)(F)CN1C1CCN(C)CC1.CON(C)C(=O)[C@H]1CC(F)(F)CN1C1CCN(C)CC1.CON(C)C(=O)[C@H]1CC(F)(F)CN1C1CCN(C)CC1.CONC(=O)C1CC(F)(F)CN1C1CCN(C)CC1.C[C@H]1CC(F)(F)CN1C1CCN(C)CC1. The highest BCUT2D eigenvalue weighted by Gasteiger charge is 2.59. The number of esters is 3. The summed E-state index contributed by atoms with van der Waals surface area (Å²) in [6.45, 7) is 21.4. The minimum atomic E-state index is -2.79. The number of methoxy groups -OCH3 is 2. The third kappa shape index (κ3) is 33.1. The van der Waals surface area contributed by atoms with Crippen molar-refractivity contribution in [3.8, 4) is 0 Å². The molecular weight excluding hydrogens is 1920 g/mol. The van der Waals surface area contributed by atoms with Crippen LogP contribution in [0.15, 0.2) is 0 Å². The van der Waals surface area contributed by atoms with Crippen LogP contribution in [0.25, 0.3) is 0 Å². The number of rotatable bonds is 18. The predicted octanol–water partition coefficient (Wildman–Crippen LogP) is 7.31. The summed E-state index contributed by atoms with van der Waals surface area (Å²) in [5.41, 5.74) is 1.56. The molecule has 0 radical (unpaired) electrons. The molecule has 17 aliphatic heterocycles. The monoisotopic (exact) mass is 2090 g/mol. The van der Waals surface area contributed by atoms with E-state index in [1.807, 2.05) is 58.7 Å². The van der Waals surface area contributed by atoms with Gasteiger partial charge in [0.25, 0.3) is 53.2 Å². The van der Waals surface area contributed by atoms with Crippen molar-refractivity contribution in [2.45, 2.75) is 306 Å². The predicted molar refractivity (Wildman–Crippen MR) is 530 cm³/mol. The normalized spacial score (nSPS) is 31.0. The molecule has 832 valence electrons. The van der Waals surface area contributed by atoms with E-state index in [4.69, 9.17) is 28.7 Å². The zero-order chi connectivity index (χ0) is 106. The number of likely N-dealkylation sites (N-methyl/N-ethyl adjacent to an activating group) is 3. The molecule has 17 fully saturated rings. The lowest BCUT2D eigenvalue weighted by molar-refractivity contribution is -0.175. The second-order valence-electron chi connectivity index (χ2n) is 43.9. The van der Waals surface area contributed by atoms with Crippen LogP contribution in [0, 0.1) is 0 Å². The topological polar surface area (TPSA) is 258 Å². The van der Waals surface area contributed by atoms with Gasteiger partial charge in [-0.3, -0.25) is 92.1 Å². The number of nitrogens with zero attached hydrogens (tertiary/aromatic N) is 19. The van der Waals surface area contributed by atoms with Crippen LogP contribution in [-0.4, -0.2) is 549 Å². The molecule has 1 N–H and O–H groups in total. The quantitative estimate of drug-likeness (QED) is 0.0611. The summed E-state index contributed by atoms with van der Waals surface area (Å²) < 4.78 is 151. The summed E-state index contributed by atoms with van der Waals surface area (Å²) in [6.07, 6.45) is 19.3. The zero-order valence-corrected chi connectivity index (χ0v) is 90.6. The number of carbonyl (C=O) groups is 7. The largest absolute Gasteiger partial charge is 0.468 e. The summed E-state index contributed by atoms with van der Waals surface area (Å²) in [7, 11) is 29.5. The van der Waals surface area contributed by atoms with Gasteiger partial charge in [-0.15, -0.1) is 11.8 Å². The number of cyclic esters (lactones) is 1. The third-order valence-corrected chi connectivity index (χ3v) is 34.5. The van der Waals surface area contributed by atoms with Crippen LogP contribution in [0.2, 0.25) is 0 Å². The van der Waals surface area contributed by atoms with Crippen LogP contribution in [0.4, 0.5) is 43.9 Å². The Hall–Kier alpha value is -4.86. The molecule has 4 amide bonds. The fourth-order valence-electron chi connectivity index (χ4n) is 24.6. The van der Waals surface area contributed by atoms with Gasteiger partial charge in [0, 0.05) is 126 Å². The summed E-state index contributed by atoms with van der Waals surface area (Å²) in [6, 6.07) is -0.763. The molecule has 17 aliphatic rings. The van der Waals surface area contributed by atoms with E-state index in [0.29, 0.717) is 30.8 Å². The van der Waals surface area contributed by atoms with Crippen molar-refractivity contribution in [2.24, 2.45) is 0 Å². The third-order valence-electron chi connectivity index (χ3n) is 33.5. The maximum absolute atomic E-state index is 13.7. The molecule has 17 heterocycles. The summed E-state index contributed by atoms with van der Waals surface area (Å²) in [4.78, 5) is 137. The van der Waals surface area contributed by atoms with Gasteiger partial charge in [-0.25, -0.2) is 64.6 Å².